The van der Waals surface area contributed by atoms with E-state index < -0.39 is 0 Å². The minimum Gasteiger partial charge on any atom is -0.451 e. The van der Waals surface area contributed by atoms with Crippen molar-refractivity contribution in [3.63, 3.8) is 0 Å². The van der Waals surface area contributed by atoms with E-state index in [1.54, 1.807) is 0 Å². The van der Waals surface area contributed by atoms with Gasteiger partial charge < -0.3 is 19.7 Å². The lowest BCUT2D eigenvalue weighted by molar-refractivity contribution is 0.0914. The first kappa shape index (κ1) is 15.5. The normalized spacial score (nSPS) is 12.8. The zero-order chi connectivity index (χ0) is 15.4. The number of hydrogen-bond acceptors (Lipinski definition) is 4. The van der Waals surface area contributed by atoms with Crippen molar-refractivity contribution in [2.24, 2.45) is 5.92 Å². The number of para-hydroxylation sites is 1. The molecule has 1 aromatic carbocycles. The first-order valence-corrected chi connectivity index (χ1v) is 7.07. The SMILES string of the molecule is CC(CO)CNC(=O)c1oc2ccccc2c1CN(C)C. The summed E-state index contributed by atoms with van der Waals surface area (Å²) in [6.07, 6.45) is 0. The Bertz CT molecular complexity index is 619. The van der Waals surface area contributed by atoms with E-state index in [-0.39, 0.29) is 18.4 Å². The highest BCUT2D eigenvalue weighted by atomic mass is 16.3. The van der Waals surface area contributed by atoms with Crippen molar-refractivity contribution in [1.29, 1.82) is 0 Å². The van der Waals surface area contributed by atoms with E-state index in [4.69, 9.17) is 9.52 Å². The van der Waals surface area contributed by atoms with Crippen molar-refractivity contribution in [3.8, 4) is 0 Å². The van der Waals surface area contributed by atoms with Gasteiger partial charge in [0.2, 0.25) is 0 Å². The Labute approximate surface area is 124 Å². The average Bonchev–Trinajstić information content (AvgIpc) is 2.82. The van der Waals surface area contributed by atoms with Crippen LogP contribution in [0.3, 0.4) is 0 Å². The van der Waals surface area contributed by atoms with Crippen LogP contribution < -0.4 is 5.32 Å². The second-order valence-electron chi connectivity index (χ2n) is 5.64. The third kappa shape index (κ3) is 3.62. The molecular weight excluding hydrogens is 268 g/mol. The monoisotopic (exact) mass is 290 g/mol. The van der Waals surface area contributed by atoms with Crippen molar-refractivity contribution in [3.05, 3.63) is 35.6 Å². The Morgan fingerprint density at radius 3 is 2.76 bits per heavy atom. The van der Waals surface area contributed by atoms with Crippen LogP contribution in [0.1, 0.15) is 23.0 Å². The van der Waals surface area contributed by atoms with Gasteiger partial charge in [0.1, 0.15) is 5.58 Å². The molecule has 114 valence electrons. The zero-order valence-corrected chi connectivity index (χ0v) is 12.7. The lowest BCUT2D eigenvalue weighted by atomic mass is 10.1. The molecule has 5 nitrogen and oxygen atoms in total. The number of nitrogens with one attached hydrogen (secondary N) is 1. The van der Waals surface area contributed by atoms with Crippen molar-refractivity contribution in [1.82, 2.24) is 10.2 Å². The maximum atomic E-state index is 12.3. The molecule has 0 saturated carbocycles. The van der Waals surface area contributed by atoms with E-state index in [0.717, 1.165) is 16.5 Å². The van der Waals surface area contributed by atoms with Crippen molar-refractivity contribution in [2.75, 3.05) is 27.2 Å². The molecule has 1 atom stereocenters. The molecule has 5 heteroatoms. The maximum Gasteiger partial charge on any atom is 0.287 e. The van der Waals surface area contributed by atoms with Crippen LogP contribution in [-0.2, 0) is 6.54 Å². The second-order valence-corrected chi connectivity index (χ2v) is 5.64. The summed E-state index contributed by atoms with van der Waals surface area (Å²) in [5, 5.41) is 12.8. The van der Waals surface area contributed by atoms with E-state index in [0.29, 0.717) is 18.8 Å². The molecule has 0 aliphatic rings. The van der Waals surface area contributed by atoms with Gasteiger partial charge in [-0.05, 0) is 26.1 Å². The summed E-state index contributed by atoms with van der Waals surface area (Å²) >= 11 is 0. The Kier molecular flexibility index (Phi) is 4.98. The Morgan fingerprint density at radius 1 is 1.38 bits per heavy atom. The molecule has 0 spiro atoms. The van der Waals surface area contributed by atoms with E-state index in [2.05, 4.69) is 5.32 Å². The van der Waals surface area contributed by atoms with Crippen LogP contribution in [0.2, 0.25) is 0 Å². The molecule has 1 aromatic heterocycles. The van der Waals surface area contributed by atoms with Crippen molar-refractivity contribution < 1.29 is 14.3 Å². The number of rotatable bonds is 6. The summed E-state index contributed by atoms with van der Waals surface area (Å²) in [6.45, 7) is 2.98. The quantitative estimate of drug-likeness (QED) is 0.852. The van der Waals surface area contributed by atoms with Crippen LogP contribution in [0, 0.1) is 5.92 Å². The van der Waals surface area contributed by atoms with Crippen LogP contribution in [0.25, 0.3) is 11.0 Å². The molecule has 0 aliphatic carbocycles. The van der Waals surface area contributed by atoms with E-state index >= 15 is 0 Å². The molecule has 2 aromatic rings. The highest BCUT2D eigenvalue weighted by Gasteiger charge is 2.20. The topological polar surface area (TPSA) is 65.7 Å². The van der Waals surface area contributed by atoms with Gasteiger partial charge in [-0.25, -0.2) is 0 Å². The number of furan rings is 1. The third-order valence-electron chi connectivity index (χ3n) is 3.30. The standard InChI is InChI=1S/C16H22N2O3/c1-11(10-19)8-17-16(20)15-13(9-18(2)3)12-6-4-5-7-14(12)21-15/h4-7,11,19H,8-10H2,1-3H3,(H,17,20). The zero-order valence-electron chi connectivity index (χ0n) is 12.7. The molecule has 0 fully saturated rings. The summed E-state index contributed by atoms with van der Waals surface area (Å²) in [6, 6.07) is 7.65. The summed E-state index contributed by atoms with van der Waals surface area (Å²) in [5.74, 6) is 0.147. The van der Waals surface area contributed by atoms with Gasteiger partial charge in [-0.15, -0.1) is 0 Å². The predicted molar refractivity (Wildman–Crippen MR) is 82.2 cm³/mol. The Hall–Kier alpha value is -1.85. The number of benzene rings is 1. The molecule has 1 heterocycles. The number of amides is 1. The largest absolute Gasteiger partial charge is 0.451 e. The van der Waals surface area contributed by atoms with Crippen LogP contribution in [0.4, 0.5) is 0 Å². The lowest BCUT2D eigenvalue weighted by Gasteiger charge is -2.11. The fourth-order valence-corrected chi connectivity index (χ4v) is 2.17. The van der Waals surface area contributed by atoms with E-state index in [9.17, 15) is 4.79 Å². The fourth-order valence-electron chi connectivity index (χ4n) is 2.17. The van der Waals surface area contributed by atoms with Gasteiger partial charge in [0.05, 0.1) is 0 Å². The van der Waals surface area contributed by atoms with Crippen molar-refractivity contribution >= 4 is 16.9 Å². The molecule has 0 radical (unpaired) electrons. The summed E-state index contributed by atoms with van der Waals surface area (Å²) in [7, 11) is 3.91. The number of carbonyl (C=O) groups excluding carboxylic acids is 1. The van der Waals surface area contributed by atoms with Gasteiger partial charge in [-0.2, -0.15) is 0 Å². The number of nitrogens with zero attached hydrogens (tertiary/aromatic N) is 1. The maximum absolute atomic E-state index is 12.3. The van der Waals surface area contributed by atoms with Gasteiger partial charge in [0.25, 0.3) is 5.91 Å². The molecular formula is C16H22N2O3. The summed E-state index contributed by atoms with van der Waals surface area (Å²) in [5.41, 5.74) is 1.61. The van der Waals surface area contributed by atoms with Crippen LogP contribution in [0.5, 0.6) is 0 Å². The van der Waals surface area contributed by atoms with E-state index in [1.165, 1.54) is 0 Å². The fraction of sp³-hybridized carbons (Fsp3) is 0.438. The van der Waals surface area contributed by atoms with Gasteiger partial charge in [0, 0.05) is 30.6 Å². The third-order valence-corrected chi connectivity index (χ3v) is 3.30. The number of carbonyl (C=O) groups is 1. The molecule has 21 heavy (non-hydrogen) atoms. The smallest absolute Gasteiger partial charge is 0.287 e. The van der Waals surface area contributed by atoms with Gasteiger partial charge in [-0.3, -0.25) is 4.79 Å². The van der Waals surface area contributed by atoms with Gasteiger partial charge in [-0.1, -0.05) is 25.1 Å². The minimum absolute atomic E-state index is 0.0237. The molecule has 1 amide bonds. The second kappa shape index (κ2) is 6.74. The van der Waals surface area contributed by atoms with E-state index in [1.807, 2.05) is 50.2 Å². The molecule has 2 rings (SSSR count). The molecule has 0 saturated heterocycles. The van der Waals surface area contributed by atoms with Crippen molar-refractivity contribution in [2.45, 2.75) is 13.5 Å². The van der Waals surface area contributed by atoms with Crippen LogP contribution in [0.15, 0.2) is 28.7 Å². The molecule has 2 N–H and O–H groups in total. The van der Waals surface area contributed by atoms with Gasteiger partial charge >= 0.3 is 0 Å². The average molecular weight is 290 g/mol. The molecule has 0 aliphatic heterocycles. The first-order chi connectivity index (χ1) is 10.0. The number of aliphatic hydroxyl groups is 1. The number of fused-ring (bicyclic) bond motifs is 1. The predicted octanol–water partition coefficient (Wildman–Crippen LogP) is 1.85. The Morgan fingerprint density at radius 2 is 2.10 bits per heavy atom. The summed E-state index contributed by atoms with van der Waals surface area (Å²) < 4.78 is 5.73. The highest BCUT2D eigenvalue weighted by Crippen LogP contribution is 2.26. The van der Waals surface area contributed by atoms with Gasteiger partial charge in [0.15, 0.2) is 5.76 Å². The number of aliphatic hydroxyl groups excluding tert-OH is 1. The molecule has 1 unspecified atom stereocenters. The Balaban J connectivity index is 2.31. The van der Waals surface area contributed by atoms with Crippen LogP contribution in [-0.4, -0.2) is 43.2 Å². The number of hydrogen-bond donors (Lipinski definition) is 2. The lowest BCUT2D eigenvalue weighted by Crippen LogP contribution is -2.30. The summed E-state index contributed by atoms with van der Waals surface area (Å²) in [4.78, 5) is 14.3. The first-order valence-electron chi connectivity index (χ1n) is 7.07. The highest BCUT2D eigenvalue weighted by molar-refractivity contribution is 5.99. The van der Waals surface area contributed by atoms with Crippen LogP contribution >= 0.6 is 0 Å². The molecule has 0 bridgehead atoms. The minimum atomic E-state index is -0.233.